The van der Waals surface area contributed by atoms with Crippen molar-refractivity contribution in [1.29, 1.82) is 0 Å². The highest BCUT2D eigenvalue weighted by molar-refractivity contribution is 7.22. The van der Waals surface area contributed by atoms with Crippen LogP contribution in [0.1, 0.15) is 16.7 Å². The Balaban J connectivity index is 1.74. The van der Waals surface area contributed by atoms with E-state index < -0.39 is 0 Å². The largest absolute Gasteiger partial charge is 0.282 e. The molecule has 2 aromatic carbocycles. The quantitative estimate of drug-likeness (QED) is 0.531. The lowest BCUT2D eigenvalue weighted by molar-refractivity contribution is -0.119. The number of fused-ring (bicyclic) bond motifs is 1. The number of hydrogen-bond acceptors (Lipinski definition) is 5. The van der Waals surface area contributed by atoms with E-state index in [1.807, 2.05) is 37.3 Å². The van der Waals surface area contributed by atoms with Gasteiger partial charge < -0.3 is 0 Å². The van der Waals surface area contributed by atoms with Crippen LogP contribution in [-0.2, 0) is 17.9 Å². The first-order valence-corrected chi connectivity index (χ1v) is 9.47. The molecule has 0 atom stereocenters. The van der Waals surface area contributed by atoms with Crippen LogP contribution in [0.2, 0.25) is 0 Å². The van der Waals surface area contributed by atoms with E-state index in [9.17, 15) is 4.79 Å². The third-order valence-corrected chi connectivity index (χ3v) is 5.62. The highest BCUT2D eigenvalue weighted by atomic mass is 32.1. The Kier molecular flexibility index (Phi) is 4.68. The number of benzene rings is 2. The van der Waals surface area contributed by atoms with Crippen LogP contribution in [0.5, 0.6) is 0 Å². The fraction of sp³-hybridized carbons (Fsp3) is 0.200. The standard InChI is InChI=1S/C20H19N5OS/c1-14-8-9-15(2)19-18(14)23-20(27-19)25(10-16-6-4-3-5-7-16)17(26)11-24-13-21-12-22-24/h3-9,12-13H,10-11H2,1-2H3. The van der Waals surface area contributed by atoms with E-state index >= 15 is 0 Å². The Bertz CT molecular complexity index is 1030. The second kappa shape index (κ2) is 7.28. The van der Waals surface area contributed by atoms with Crippen molar-refractivity contribution in [3.63, 3.8) is 0 Å². The summed E-state index contributed by atoms with van der Waals surface area (Å²) < 4.78 is 2.65. The average molecular weight is 377 g/mol. The van der Waals surface area contributed by atoms with E-state index in [-0.39, 0.29) is 12.5 Å². The first kappa shape index (κ1) is 17.4. The molecule has 0 saturated carbocycles. The van der Waals surface area contributed by atoms with E-state index in [2.05, 4.69) is 29.1 Å². The highest BCUT2D eigenvalue weighted by Gasteiger charge is 2.22. The molecule has 0 aliphatic rings. The van der Waals surface area contributed by atoms with Crippen LogP contribution in [0.25, 0.3) is 10.2 Å². The molecule has 7 heteroatoms. The van der Waals surface area contributed by atoms with Gasteiger partial charge in [-0.15, -0.1) is 0 Å². The van der Waals surface area contributed by atoms with Gasteiger partial charge in [0.1, 0.15) is 19.2 Å². The fourth-order valence-electron chi connectivity index (χ4n) is 2.93. The van der Waals surface area contributed by atoms with Gasteiger partial charge in [0.05, 0.1) is 16.8 Å². The SMILES string of the molecule is Cc1ccc(C)c2sc(N(Cc3ccccc3)C(=O)Cn3cncn3)nc12. The van der Waals surface area contributed by atoms with Crippen LogP contribution in [0, 0.1) is 13.8 Å². The van der Waals surface area contributed by atoms with E-state index in [0.29, 0.717) is 11.7 Å². The molecule has 0 bridgehead atoms. The summed E-state index contributed by atoms with van der Waals surface area (Å²) in [5.41, 5.74) is 4.29. The predicted molar refractivity (Wildman–Crippen MR) is 107 cm³/mol. The van der Waals surface area contributed by atoms with Gasteiger partial charge in [-0.2, -0.15) is 5.10 Å². The topological polar surface area (TPSA) is 63.9 Å². The van der Waals surface area contributed by atoms with Gasteiger partial charge in [0.25, 0.3) is 5.91 Å². The van der Waals surface area contributed by atoms with Crippen LogP contribution in [0.3, 0.4) is 0 Å². The van der Waals surface area contributed by atoms with Crippen LogP contribution < -0.4 is 4.90 Å². The molecule has 4 rings (SSSR count). The summed E-state index contributed by atoms with van der Waals surface area (Å²) in [4.78, 5) is 23.5. The molecule has 0 saturated heterocycles. The minimum absolute atomic E-state index is 0.0706. The minimum Gasteiger partial charge on any atom is -0.282 e. The van der Waals surface area contributed by atoms with Crippen LogP contribution in [0.4, 0.5) is 5.13 Å². The molecule has 2 aromatic heterocycles. The number of amides is 1. The molecule has 1 amide bonds. The van der Waals surface area contributed by atoms with E-state index in [1.165, 1.54) is 16.6 Å². The maximum Gasteiger partial charge on any atom is 0.250 e. The molecule has 27 heavy (non-hydrogen) atoms. The van der Waals surface area contributed by atoms with Crippen LogP contribution in [0.15, 0.2) is 55.1 Å². The van der Waals surface area contributed by atoms with Crippen molar-refractivity contribution in [2.24, 2.45) is 0 Å². The summed E-state index contributed by atoms with van der Waals surface area (Å²) in [6.45, 7) is 4.71. The summed E-state index contributed by atoms with van der Waals surface area (Å²) in [6, 6.07) is 14.1. The normalized spacial score (nSPS) is 11.0. The van der Waals surface area contributed by atoms with Crippen molar-refractivity contribution in [2.75, 3.05) is 4.90 Å². The van der Waals surface area contributed by atoms with Crippen molar-refractivity contribution in [3.8, 4) is 0 Å². The molecule has 2 heterocycles. The van der Waals surface area contributed by atoms with Crippen LogP contribution >= 0.6 is 11.3 Å². The molecule has 6 nitrogen and oxygen atoms in total. The number of anilines is 1. The Hall–Kier alpha value is -3.06. The smallest absolute Gasteiger partial charge is 0.250 e. The van der Waals surface area contributed by atoms with Crippen LogP contribution in [-0.4, -0.2) is 25.7 Å². The summed E-state index contributed by atoms with van der Waals surface area (Å²) in [5, 5.41) is 4.76. The average Bonchev–Trinajstić information content (AvgIpc) is 3.34. The zero-order valence-corrected chi connectivity index (χ0v) is 16.0. The molecular weight excluding hydrogens is 358 g/mol. The third-order valence-electron chi connectivity index (χ3n) is 4.41. The number of thiazole rings is 1. The number of carbonyl (C=O) groups excluding carboxylic acids is 1. The van der Waals surface area contributed by atoms with E-state index in [0.717, 1.165) is 21.3 Å². The summed E-state index contributed by atoms with van der Waals surface area (Å²) in [6.07, 6.45) is 2.98. The molecular formula is C20H19N5OS. The van der Waals surface area contributed by atoms with Gasteiger partial charge >= 0.3 is 0 Å². The lowest BCUT2D eigenvalue weighted by Gasteiger charge is -2.20. The number of carbonyl (C=O) groups is 1. The minimum atomic E-state index is -0.0706. The number of aromatic nitrogens is 4. The number of aryl methyl sites for hydroxylation is 2. The molecule has 0 spiro atoms. The number of hydrogen-bond donors (Lipinski definition) is 0. The van der Waals surface area contributed by atoms with Gasteiger partial charge in [-0.1, -0.05) is 53.8 Å². The van der Waals surface area contributed by atoms with Gasteiger partial charge in [0, 0.05) is 0 Å². The molecule has 0 radical (unpaired) electrons. The molecule has 136 valence electrons. The van der Waals surface area contributed by atoms with Crippen molar-refractivity contribution >= 4 is 32.6 Å². The van der Waals surface area contributed by atoms with Crippen molar-refractivity contribution in [1.82, 2.24) is 19.7 Å². The number of nitrogens with zero attached hydrogens (tertiary/aromatic N) is 5. The highest BCUT2D eigenvalue weighted by Crippen LogP contribution is 2.33. The van der Waals surface area contributed by atoms with Crippen molar-refractivity contribution in [3.05, 3.63) is 71.8 Å². The van der Waals surface area contributed by atoms with Gasteiger partial charge in [-0.05, 0) is 30.5 Å². The van der Waals surface area contributed by atoms with Gasteiger partial charge in [-0.3, -0.25) is 9.69 Å². The first-order valence-electron chi connectivity index (χ1n) is 8.65. The summed E-state index contributed by atoms with van der Waals surface area (Å²) in [7, 11) is 0. The number of rotatable bonds is 5. The Morgan fingerprint density at radius 3 is 2.59 bits per heavy atom. The zero-order chi connectivity index (χ0) is 18.8. The molecule has 0 fully saturated rings. The van der Waals surface area contributed by atoms with Crippen molar-refractivity contribution in [2.45, 2.75) is 26.9 Å². The Morgan fingerprint density at radius 1 is 1.11 bits per heavy atom. The second-order valence-electron chi connectivity index (χ2n) is 6.43. The lowest BCUT2D eigenvalue weighted by Crippen LogP contribution is -2.33. The zero-order valence-electron chi connectivity index (χ0n) is 15.2. The van der Waals surface area contributed by atoms with Gasteiger partial charge in [0.15, 0.2) is 5.13 Å². The second-order valence-corrected chi connectivity index (χ2v) is 7.41. The Labute approximate surface area is 161 Å². The molecule has 0 aliphatic carbocycles. The van der Waals surface area contributed by atoms with E-state index in [1.54, 1.807) is 22.6 Å². The molecule has 0 N–H and O–H groups in total. The fourth-order valence-corrected chi connectivity index (χ4v) is 4.06. The lowest BCUT2D eigenvalue weighted by atomic mass is 10.1. The van der Waals surface area contributed by atoms with Crippen molar-refractivity contribution < 1.29 is 4.79 Å². The predicted octanol–water partition coefficient (Wildman–Crippen LogP) is 3.74. The molecule has 0 unspecified atom stereocenters. The monoisotopic (exact) mass is 377 g/mol. The third kappa shape index (κ3) is 3.59. The molecule has 0 aliphatic heterocycles. The Morgan fingerprint density at radius 2 is 1.89 bits per heavy atom. The van der Waals surface area contributed by atoms with Gasteiger partial charge in [-0.25, -0.2) is 14.6 Å². The first-order chi connectivity index (χ1) is 13.1. The maximum absolute atomic E-state index is 13.1. The van der Waals surface area contributed by atoms with E-state index in [4.69, 9.17) is 4.98 Å². The summed E-state index contributed by atoms with van der Waals surface area (Å²) >= 11 is 1.56. The summed E-state index contributed by atoms with van der Waals surface area (Å²) in [5.74, 6) is -0.0706. The molecule has 4 aromatic rings. The maximum atomic E-state index is 13.1. The van der Waals surface area contributed by atoms with Gasteiger partial charge in [0.2, 0.25) is 0 Å².